The largest absolute Gasteiger partial charge is 0.327 e. The van der Waals surface area contributed by atoms with Crippen molar-refractivity contribution in [1.29, 1.82) is 0 Å². The third-order valence-electron chi connectivity index (χ3n) is 4.71. The molecule has 1 aromatic carbocycles. The van der Waals surface area contributed by atoms with E-state index < -0.39 is 0 Å². The molecule has 0 unspecified atom stereocenters. The Hall–Kier alpha value is -1.59. The van der Waals surface area contributed by atoms with E-state index in [1.54, 1.807) is 0 Å². The van der Waals surface area contributed by atoms with Crippen LogP contribution in [0.5, 0.6) is 0 Å². The van der Waals surface area contributed by atoms with Crippen LogP contribution in [-0.4, -0.2) is 14.1 Å². The molecule has 0 saturated carbocycles. The first-order valence-electron chi connectivity index (χ1n) is 8.11. The number of fused-ring (bicyclic) bond motifs is 2. The van der Waals surface area contributed by atoms with Gasteiger partial charge >= 0.3 is 0 Å². The second kappa shape index (κ2) is 6.05. The fourth-order valence-electron chi connectivity index (χ4n) is 3.47. The highest BCUT2D eigenvalue weighted by atomic mass is 79.9. The van der Waals surface area contributed by atoms with Crippen LogP contribution in [0.1, 0.15) is 25.1 Å². The minimum absolute atomic E-state index is 0.0131. The quantitative estimate of drug-likeness (QED) is 0.595. The number of nitrogens with zero attached hydrogens (tertiary/aromatic N) is 3. The van der Waals surface area contributed by atoms with Crippen molar-refractivity contribution in [1.82, 2.24) is 14.1 Å². The number of hydrogen-bond acceptors (Lipinski definition) is 2. The topological polar surface area (TPSA) is 39.8 Å². The molecule has 0 bridgehead atoms. The van der Waals surface area contributed by atoms with E-state index >= 15 is 0 Å². The molecule has 3 aromatic rings. The summed E-state index contributed by atoms with van der Waals surface area (Å²) in [6, 6.07) is 7.93. The van der Waals surface area contributed by atoms with Crippen LogP contribution in [0.4, 0.5) is 0 Å². The van der Waals surface area contributed by atoms with Crippen LogP contribution in [-0.2, 0) is 20.0 Å². The van der Waals surface area contributed by atoms with Gasteiger partial charge in [-0.25, -0.2) is 4.98 Å². The number of halogens is 2. The number of hydrogen-bond donors (Lipinski definition) is 0. The molecule has 0 saturated heterocycles. The SMILES string of the molecule is Cn1c(-c2ccc(Br)cc2)c(Cl)c2c(=O)n3c(nc21)CCCCC3. The van der Waals surface area contributed by atoms with Crippen LogP contribution in [0.15, 0.2) is 33.5 Å². The molecule has 124 valence electrons. The maximum atomic E-state index is 13.0. The van der Waals surface area contributed by atoms with Crippen molar-refractivity contribution in [2.45, 2.75) is 32.2 Å². The van der Waals surface area contributed by atoms with Crippen molar-refractivity contribution >= 4 is 38.6 Å². The van der Waals surface area contributed by atoms with Crippen LogP contribution >= 0.6 is 27.5 Å². The summed E-state index contributed by atoms with van der Waals surface area (Å²) in [7, 11) is 1.92. The molecule has 2 aromatic heterocycles. The Labute approximate surface area is 153 Å². The summed E-state index contributed by atoms with van der Waals surface area (Å²) in [6.45, 7) is 0.732. The lowest BCUT2D eigenvalue weighted by Gasteiger charge is -2.09. The molecular formula is C18H17BrClN3O. The summed E-state index contributed by atoms with van der Waals surface area (Å²) in [6.07, 6.45) is 4.08. The van der Waals surface area contributed by atoms with Crippen molar-refractivity contribution in [3.8, 4) is 11.3 Å². The molecular weight excluding hydrogens is 390 g/mol. The summed E-state index contributed by atoms with van der Waals surface area (Å²) in [5.41, 5.74) is 2.48. The Bertz CT molecular complexity index is 988. The standard InChI is InChI=1S/C18H17BrClN3O/c1-22-16(11-6-8-12(19)9-7-11)15(20)14-17(22)21-13-5-3-2-4-10-23(13)18(14)24/h6-9H,2-5,10H2,1H3. The Morgan fingerprint density at radius 2 is 1.92 bits per heavy atom. The Morgan fingerprint density at radius 1 is 1.17 bits per heavy atom. The minimum atomic E-state index is -0.0131. The maximum Gasteiger partial charge on any atom is 0.264 e. The number of aromatic nitrogens is 3. The summed E-state index contributed by atoms with van der Waals surface area (Å²) in [5, 5.41) is 1.02. The summed E-state index contributed by atoms with van der Waals surface area (Å²) < 4.78 is 4.76. The third-order valence-corrected chi connectivity index (χ3v) is 5.61. The first-order chi connectivity index (χ1) is 11.6. The van der Waals surface area contributed by atoms with Gasteiger partial charge in [0.15, 0.2) is 0 Å². The van der Waals surface area contributed by atoms with Gasteiger partial charge in [0.1, 0.15) is 16.9 Å². The van der Waals surface area contributed by atoms with Crippen LogP contribution < -0.4 is 5.56 Å². The highest BCUT2D eigenvalue weighted by Crippen LogP contribution is 2.35. The molecule has 3 heterocycles. The van der Waals surface area contributed by atoms with E-state index in [9.17, 15) is 4.79 Å². The highest BCUT2D eigenvalue weighted by Gasteiger charge is 2.22. The maximum absolute atomic E-state index is 13.0. The predicted molar refractivity (Wildman–Crippen MR) is 101 cm³/mol. The van der Waals surface area contributed by atoms with Gasteiger partial charge in [0.25, 0.3) is 5.56 Å². The molecule has 0 radical (unpaired) electrons. The highest BCUT2D eigenvalue weighted by molar-refractivity contribution is 9.10. The molecule has 0 fully saturated rings. The van der Waals surface area contributed by atoms with Crippen LogP contribution in [0.3, 0.4) is 0 Å². The molecule has 0 N–H and O–H groups in total. The lowest BCUT2D eigenvalue weighted by Crippen LogP contribution is -2.24. The molecule has 4 nitrogen and oxygen atoms in total. The molecule has 6 heteroatoms. The molecule has 1 aliphatic heterocycles. The van der Waals surface area contributed by atoms with Gasteiger partial charge in [-0.2, -0.15) is 0 Å². The van der Waals surface area contributed by atoms with E-state index in [2.05, 4.69) is 15.9 Å². The second-order valence-corrected chi connectivity index (χ2v) is 7.52. The molecule has 0 amide bonds. The third kappa shape index (κ3) is 2.42. The number of benzene rings is 1. The fraction of sp³-hybridized carbons (Fsp3) is 0.333. The Morgan fingerprint density at radius 3 is 2.67 bits per heavy atom. The normalized spacial score (nSPS) is 14.6. The predicted octanol–water partition coefficient (Wildman–Crippen LogP) is 4.54. The fourth-order valence-corrected chi connectivity index (χ4v) is 4.14. The number of rotatable bonds is 1. The first kappa shape index (κ1) is 15.9. The Kier molecular flexibility index (Phi) is 4.01. The first-order valence-corrected chi connectivity index (χ1v) is 9.28. The monoisotopic (exact) mass is 405 g/mol. The molecule has 1 aliphatic rings. The zero-order valence-corrected chi connectivity index (χ0v) is 15.7. The molecule has 0 spiro atoms. The minimum Gasteiger partial charge on any atom is -0.327 e. The molecule has 0 atom stereocenters. The van der Waals surface area contributed by atoms with Gasteiger partial charge in [-0.3, -0.25) is 9.36 Å². The van der Waals surface area contributed by atoms with Crippen LogP contribution in [0.25, 0.3) is 22.3 Å². The van der Waals surface area contributed by atoms with Gasteiger partial charge in [-0.05, 0) is 30.5 Å². The van der Waals surface area contributed by atoms with E-state index in [0.29, 0.717) is 16.1 Å². The van der Waals surface area contributed by atoms with E-state index in [1.165, 1.54) is 0 Å². The zero-order chi connectivity index (χ0) is 16.8. The van der Waals surface area contributed by atoms with Gasteiger partial charge in [-0.1, -0.05) is 46.1 Å². The van der Waals surface area contributed by atoms with Gasteiger partial charge in [-0.15, -0.1) is 0 Å². The van der Waals surface area contributed by atoms with Gasteiger partial charge in [0, 0.05) is 24.5 Å². The summed E-state index contributed by atoms with van der Waals surface area (Å²) >= 11 is 10.1. The Balaban J connectivity index is 2.03. The number of aryl methyl sites for hydroxylation is 2. The lowest BCUT2D eigenvalue weighted by atomic mass is 10.1. The van der Waals surface area contributed by atoms with Crippen molar-refractivity contribution in [2.75, 3.05) is 0 Å². The molecule has 24 heavy (non-hydrogen) atoms. The van der Waals surface area contributed by atoms with E-state index in [4.69, 9.17) is 16.6 Å². The second-order valence-electron chi connectivity index (χ2n) is 6.22. The van der Waals surface area contributed by atoms with Crippen LogP contribution in [0.2, 0.25) is 5.02 Å². The van der Waals surface area contributed by atoms with Crippen LogP contribution in [0, 0.1) is 0 Å². The van der Waals surface area contributed by atoms with Crippen molar-refractivity contribution in [3.63, 3.8) is 0 Å². The van der Waals surface area contributed by atoms with Gasteiger partial charge in [0.2, 0.25) is 0 Å². The molecule has 4 rings (SSSR count). The smallest absolute Gasteiger partial charge is 0.264 e. The van der Waals surface area contributed by atoms with E-state index in [1.807, 2.05) is 40.4 Å². The van der Waals surface area contributed by atoms with Crippen molar-refractivity contribution in [2.24, 2.45) is 7.05 Å². The van der Waals surface area contributed by atoms with E-state index in [-0.39, 0.29) is 5.56 Å². The lowest BCUT2D eigenvalue weighted by molar-refractivity contribution is 0.613. The molecule has 0 aliphatic carbocycles. The van der Waals surface area contributed by atoms with Gasteiger partial charge in [0.05, 0.1) is 10.7 Å². The summed E-state index contributed by atoms with van der Waals surface area (Å²) in [5.74, 6) is 0.879. The van der Waals surface area contributed by atoms with Crippen molar-refractivity contribution < 1.29 is 0 Å². The average Bonchev–Trinajstić information content (AvgIpc) is 2.73. The van der Waals surface area contributed by atoms with E-state index in [0.717, 1.165) is 53.8 Å². The zero-order valence-electron chi connectivity index (χ0n) is 13.4. The van der Waals surface area contributed by atoms with Gasteiger partial charge < -0.3 is 4.57 Å². The van der Waals surface area contributed by atoms with Crippen molar-refractivity contribution in [3.05, 3.63) is 49.9 Å². The summed E-state index contributed by atoms with van der Waals surface area (Å²) in [4.78, 5) is 17.8. The average molecular weight is 407 g/mol.